The summed E-state index contributed by atoms with van der Waals surface area (Å²) in [6.45, 7) is 2.35. The van der Waals surface area contributed by atoms with Gasteiger partial charge in [-0.3, -0.25) is 19.8 Å². The van der Waals surface area contributed by atoms with Gasteiger partial charge >= 0.3 is 6.03 Å². The highest BCUT2D eigenvalue weighted by molar-refractivity contribution is 6.12. The number of aromatic nitrogens is 2. The molecule has 8 heteroatoms. The van der Waals surface area contributed by atoms with Gasteiger partial charge in [0.25, 0.3) is 5.91 Å². The van der Waals surface area contributed by atoms with Crippen LogP contribution in [0.2, 0.25) is 0 Å². The topological polar surface area (TPSA) is 87.5 Å². The summed E-state index contributed by atoms with van der Waals surface area (Å²) in [6, 6.07) is 6.41. The van der Waals surface area contributed by atoms with Crippen LogP contribution >= 0.6 is 0 Å². The molecule has 0 aliphatic carbocycles. The third-order valence-corrected chi connectivity index (χ3v) is 5.05. The van der Waals surface area contributed by atoms with Crippen LogP contribution in [0.5, 0.6) is 0 Å². The van der Waals surface area contributed by atoms with Crippen molar-refractivity contribution in [3.8, 4) is 0 Å². The van der Waals surface area contributed by atoms with Crippen LogP contribution in [-0.2, 0) is 11.3 Å². The summed E-state index contributed by atoms with van der Waals surface area (Å²) in [5.41, 5.74) is 1.19. The summed E-state index contributed by atoms with van der Waals surface area (Å²) in [5.74, 6) is 0.0896. The van der Waals surface area contributed by atoms with E-state index in [2.05, 4.69) is 14.9 Å². The van der Waals surface area contributed by atoms with E-state index in [0.717, 1.165) is 32.5 Å². The Hall–Kier alpha value is -3.16. The molecule has 0 radical (unpaired) electrons. The molecule has 4 amide bonds. The molecule has 3 heterocycles. The van der Waals surface area contributed by atoms with Crippen LogP contribution < -0.4 is 10.2 Å². The van der Waals surface area contributed by atoms with Crippen molar-refractivity contribution in [1.29, 1.82) is 0 Å². The van der Waals surface area contributed by atoms with Crippen LogP contribution in [0.4, 0.5) is 10.5 Å². The fraction of sp³-hybridized carbons (Fsp3) is 0.368. The van der Waals surface area contributed by atoms with Crippen molar-refractivity contribution in [1.82, 2.24) is 19.8 Å². The van der Waals surface area contributed by atoms with Crippen molar-refractivity contribution in [2.75, 3.05) is 24.5 Å². The average Bonchev–Trinajstić information content (AvgIpc) is 3.30. The summed E-state index contributed by atoms with van der Waals surface area (Å²) in [4.78, 5) is 43.2. The normalized spacial score (nSPS) is 20.1. The van der Waals surface area contributed by atoms with Gasteiger partial charge < -0.3 is 9.47 Å². The van der Waals surface area contributed by atoms with Crippen LogP contribution in [0, 0.1) is 5.92 Å². The Labute approximate surface area is 156 Å². The Morgan fingerprint density at radius 3 is 2.70 bits per heavy atom. The van der Waals surface area contributed by atoms with E-state index in [0.29, 0.717) is 17.2 Å². The lowest BCUT2D eigenvalue weighted by molar-refractivity contribution is -0.117. The number of imide groups is 1. The van der Waals surface area contributed by atoms with Gasteiger partial charge in [-0.1, -0.05) is 0 Å². The number of carbonyl (C=O) groups excluding carboxylic acids is 3. The lowest BCUT2D eigenvalue weighted by Gasteiger charge is -2.33. The highest BCUT2D eigenvalue weighted by atomic mass is 16.2. The Bertz CT molecular complexity index is 847. The number of urea groups is 1. The molecule has 2 fully saturated rings. The molecule has 27 heavy (non-hydrogen) atoms. The van der Waals surface area contributed by atoms with Crippen molar-refractivity contribution in [3.05, 3.63) is 48.5 Å². The number of amides is 4. The molecule has 1 aromatic carbocycles. The van der Waals surface area contributed by atoms with E-state index in [-0.39, 0.29) is 18.4 Å². The predicted octanol–water partition coefficient (Wildman–Crippen LogP) is 1.49. The van der Waals surface area contributed by atoms with E-state index in [9.17, 15) is 14.4 Å². The van der Waals surface area contributed by atoms with E-state index >= 15 is 0 Å². The van der Waals surface area contributed by atoms with E-state index < -0.39 is 6.03 Å². The van der Waals surface area contributed by atoms with Gasteiger partial charge in [-0.15, -0.1) is 0 Å². The number of likely N-dealkylation sites (tertiary alicyclic amines) is 1. The standard InChI is InChI=1S/C19H21N5O3/c25-17-12-24(19(27)21-17)16-5-3-15(4-6-16)18(26)23-8-1-2-14(11-23)10-22-9-7-20-13-22/h3-7,9,13-14H,1-2,8,10-12H2,(H,21,25,27). The zero-order chi connectivity index (χ0) is 18.8. The molecule has 0 saturated carbocycles. The Kier molecular flexibility index (Phi) is 4.62. The number of nitrogens with zero attached hydrogens (tertiary/aromatic N) is 4. The first kappa shape index (κ1) is 17.3. The summed E-state index contributed by atoms with van der Waals surface area (Å²) >= 11 is 0. The molecule has 2 aliphatic heterocycles. The smallest absolute Gasteiger partial charge is 0.329 e. The minimum absolute atomic E-state index is 0.00108. The summed E-state index contributed by atoms with van der Waals surface area (Å²) in [7, 11) is 0. The van der Waals surface area contributed by atoms with Crippen molar-refractivity contribution >= 4 is 23.5 Å². The third kappa shape index (κ3) is 3.69. The van der Waals surface area contributed by atoms with E-state index in [1.165, 1.54) is 4.90 Å². The maximum atomic E-state index is 12.9. The minimum Gasteiger partial charge on any atom is -0.338 e. The molecular weight excluding hydrogens is 346 g/mol. The number of anilines is 1. The van der Waals surface area contributed by atoms with Gasteiger partial charge in [0.2, 0.25) is 5.91 Å². The second-order valence-electron chi connectivity index (χ2n) is 7.01. The quantitative estimate of drug-likeness (QED) is 0.830. The van der Waals surface area contributed by atoms with Crippen molar-refractivity contribution in [2.45, 2.75) is 19.4 Å². The van der Waals surface area contributed by atoms with Crippen molar-refractivity contribution in [2.24, 2.45) is 5.92 Å². The zero-order valence-corrected chi connectivity index (χ0v) is 14.9. The first-order chi connectivity index (χ1) is 13.1. The largest absolute Gasteiger partial charge is 0.338 e. The number of imidazole rings is 1. The number of rotatable bonds is 4. The molecule has 2 aliphatic rings. The molecule has 0 bridgehead atoms. The Morgan fingerprint density at radius 2 is 2.04 bits per heavy atom. The minimum atomic E-state index is -0.433. The van der Waals surface area contributed by atoms with Crippen LogP contribution in [0.1, 0.15) is 23.2 Å². The average molecular weight is 367 g/mol. The van der Waals surface area contributed by atoms with Gasteiger partial charge in [0.15, 0.2) is 0 Å². The Balaban J connectivity index is 1.41. The fourth-order valence-electron chi connectivity index (χ4n) is 3.71. The maximum absolute atomic E-state index is 12.9. The molecule has 8 nitrogen and oxygen atoms in total. The number of hydrogen-bond acceptors (Lipinski definition) is 4. The van der Waals surface area contributed by atoms with Crippen molar-refractivity contribution in [3.63, 3.8) is 0 Å². The van der Waals surface area contributed by atoms with Crippen LogP contribution in [0.25, 0.3) is 0 Å². The number of carbonyl (C=O) groups is 3. The molecule has 2 aromatic rings. The Morgan fingerprint density at radius 1 is 1.22 bits per heavy atom. The van der Waals surface area contributed by atoms with Crippen LogP contribution in [0.3, 0.4) is 0 Å². The molecule has 140 valence electrons. The SMILES string of the molecule is O=C1CN(c2ccc(C(=O)N3CCCC(Cn4ccnc4)C3)cc2)C(=O)N1. The van der Waals surface area contributed by atoms with E-state index in [4.69, 9.17) is 0 Å². The second kappa shape index (κ2) is 7.22. The monoisotopic (exact) mass is 367 g/mol. The third-order valence-electron chi connectivity index (χ3n) is 5.05. The van der Waals surface area contributed by atoms with Crippen LogP contribution in [0.15, 0.2) is 43.0 Å². The van der Waals surface area contributed by atoms with Crippen LogP contribution in [-0.4, -0.2) is 51.9 Å². The van der Waals surface area contributed by atoms with Gasteiger partial charge in [0.1, 0.15) is 6.54 Å². The molecule has 1 aromatic heterocycles. The predicted molar refractivity (Wildman–Crippen MR) is 98.2 cm³/mol. The molecule has 1 N–H and O–H groups in total. The number of nitrogens with one attached hydrogen (secondary N) is 1. The molecule has 0 spiro atoms. The van der Waals surface area contributed by atoms with Gasteiger partial charge in [-0.25, -0.2) is 9.78 Å². The van der Waals surface area contributed by atoms with Crippen molar-refractivity contribution < 1.29 is 14.4 Å². The first-order valence-electron chi connectivity index (χ1n) is 9.06. The van der Waals surface area contributed by atoms with Gasteiger partial charge in [-0.05, 0) is 43.0 Å². The summed E-state index contributed by atoms with van der Waals surface area (Å²) in [5, 5.41) is 2.24. The highest BCUT2D eigenvalue weighted by Gasteiger charge is 2.28. The summed E-state index contributed by atoms with van der Waals surface area (Å²) in [6.07, 6.45) is 7.59. The first-order valence-corrected chi connectivity index (χ1v) is 9.06. The lowest BCUT2D eigenvalue weighted by atomic mass is 9.97. The number of hydrogen-bond donors (Lipinski definition) is 1. The molecule has 1 unspecified atom stereocenters. The number of piperidine rings is 1. The molecular formula is C19H21N5O3. The molecule has 1 atom stereocenters. The second-order valence-corrected chi connectivity index (χ2v) is 7.01. The maximum Gasteiger partial charge on any atom is 0.329 e. The van der Waals surface area contributed by atoms with Gasteiger partial charge in [0.05, 0.1) is 6.33 Å². The summed E-state index contributed by atoms with van der Waals surface area (Å²) < 4.78 is 2.05. The number of benzene rings is 1. The lowest BCUT2D eigenvalue weighted by Crippen LogP contribution is -2.41. The highest BCUT2D eigenvalue weighted by Crippen LogP contribution is 2.22. The van der Waals surface area contributed by atoms with E-state index in [1.807, 2.05) is 11.1 Å². The van der Waals surface area contributed by atoms with Gasteiger partial charge in [-0.2, -0.15) is 0 Å². The molecule has 2 saturated heterocycles. The van der Waals surface area contributed by atoms with Gasteiger partial charge in [0, 0.05) is 43.3 Å². The fourth-order valence-corrected chi connectivity index (χ4v) is 3.71. The molecule has 4 rings (SSSR count). The zero-order valence-electron chi connectivity index (χ0n) is 14.9. The van der Waals surface area contributed by atoms with E-state index in [1.54, 1.807) is 36.8 Å².